The van der Waals surface area contributed by atoms with Crippen molar-refractivity contribution >= 4 is 0 Å². The van der Waals surface area contributed by atoms with Gasteiger partial charge in [-0.15, -0.1) is 0 Å². The molecule has 0 saturated carbocycles. The first-order chi connectivity index (χ1) is 6.42. The maximum Gasteiger partial charge on any atom is 0.123 e. The predicted octanol–water partition coefficient (Wildman–Crippen LogP) is 3.00. The van der Waals surface area contributed by atoms with E-state index in [4.69, 9.17) is 0 Å². The SMILES string of the molecule is CC(C)=CC(C)(O)c1cccc(F)c1. The molecule has 1 unspecified atom stereocenters. The lowest BCUT2D eigenvalue weighted by molar-refractivity contribution is 0.110. The van der Waals surface area contributed by atoms with Crippen LogP contribution in [-0.2, 0) is 5.60 Å². The summed E-state index contributed by atoms with van der Waals surface area (Å²) >= 11 is 0. The molecule has 1 nitrogen and oxygen atoms in total. The molecule has 0 bridgehead atoms. The van der Waals surface area contributed by atoms with Crippen molar-refractivity contribution in [1.29, 1.82) is 0 Å². The number of halogens is 1. The fourth-order valence-corrected chi connectivity index (χ4v) is 1.45. The van der Waals surface area contributed by atoms with Crippen molar-refractivity contribution in [2.45, 2.75) is 26.4 Å². The Morgan fingerprint density at radius 3 is 2.57 bits per heavy atom. The Morgan fingerprint density at radius 2 is 2.07 bits per heavy atom. The Hall–Kier alpha value is -1.15. The van der Waals surface area contributed by atoms with Gasteiger partial charge in [-0.1, -0.05) is 23.8 Å². The van der Waals surface area contributed by atoms with Crippen LogP contribution in [0.3, 0.4) is 0 Å². The highest BCUT2D eigenvalue weighted by Gasteiger charge is 2.19. The van der Waals surface area contributed by atoms with E-state index in [2.05, 4.69) is 0 Å². The normalized spacial score (nSPS) is 14.6. The van der Waals surface area contributed by atoms with E-state index in [0.717, 1.165) is 5.57 Å². The fourth-order valence-electron chi connectivity index (χ4n) is 1.45. The first-order valence-corrected chi connectivity index (χ1v) is 4.56. The first-order valence-electron chi connectivity index (χ1n) is 4.56. The van der Waals surface area contributed by atoms with E-state index in [-0.39, 0.29) is 5.82 Å². The van der Waals surface area contributed by atoms with E-state index < -0.39 is 5.60 Å². The third-order valence-electron chi connectivity index (χ3n) is 1.98. The number of aliphatic hydroxyl groups is 1. The largest absolute Gasteiger partial charge is 0.381 e. The number of hydrogen-bond acceptors (Lipinski definition) is 1. The van der Waals surface area contributed by atoms with Gasteiger partial charge in [-0.3, -0.25) is 0 Å². The Kier molecular flexibility index (Phi) is 3.06. The van der Waals surface area contributed by atoms with Gasteiger partial charge in [0.25, 0.3) is 0 Å². The number of hydrogen-bond donors (Lipinski definition) is 1. The van der Waals surface area contributed by atoms with Crippen molar-refractivity contribution in [2.75, 3.05) is 0 Å². The molecule has 76 valence electrons. The van der Waals surface area contributed by atoms with E-state index >= 15 is 0 Å². The average Bonchev–Trinajstić information content (AvgIpc) is 2.01. The summed E-state index contributed by atoms with van der Waals surface area (Å²) in [7, 11) is 0. The molecule has 0 aliphatic rings. The minimum absolute atomic E-state index is 0.329. The van der Waals surface area contributed by atoms with Gasteiger partial charge in [-0.05, 0) is 38.5 Å². The molecule has 0 saturated heterocycles. The van der Waals surface area contributed by atoms with Crippen LogP contribution < -0.4 is 0 Å². The number of allylic oxidation sites excluding steroid dienone is 1. The highest BCUT2D eigenvalue weighted by molar-refractivity contribution is 5.27. The van der Waals surface area contributed by atoms with Gasteiger partial charge >= 0.3 is 0 Å². The highest BCUT2D eigenvalue weighted by Crippen LogP contribution is 2.23. The van der Waals surface area contributed by atoms with E-state index in [1.54, 1.807) is 25.1 Å². The Labute approximate surface area is 83.9 Å². The Morgan fingerprint density at radius 1 is 1.43 bits per heavy atom. The monoisotopic (exact) mass is 194 g/mol. The number of benzene rings is 1. The van der Waals surface area contributed by atoms with Gasteiger partial charge in [0.05, 0.1) is 0 Å². The molecule has 0 heterocycles. The average molecular weight is 194 g/mol. The lowest BCUT2D eigenvalue weighted by atomic mass is 9.94. The zero-order valence-electron chi connectivity index (χ0n) is 8.71. The summed E-state index contributed by atoms with van der Waals surface area (Å²) < 4.78 is 12.9. The second kappa shape index (κ2) is 3.93. The van der Waals surface area contributed by atoms with Gasteiger partial charge in [0, 0.05) is 0 Å². The van der Waals surface area contributed by atoms with Gasteiger partial charge in [0.15, 0.2) is 0 Å². The summed E-state index contributed by atoms with van der Waals surface area (Å²) in [6.45, 7) is 5.44. The molecule has 1 aromatic carbocycles. The minimum atomic E-state index is -1.10. The minimum Gasteiger partial charge on any atom is -0.381 e. The zero-order chi connectivity index (χ0) is 10.8. The molecule has 0 aliphatic heterocycles. The molecular weight excluding hydrogens is 179 g/mol. The van der Waals surface area contributed by atoms with Crippen LogP contribution in [0.1, 0.15) is 26.3 Å². The van der Waals surface area contributed by atoms with E-state index in [1.165, 1.54) is 12.1 Å². The predicted molar refractivity (Wildman–Crippen MR) is 55.4 cm³/mol. The molecule has 0 amide bonds. The van der Waals surface area contributed by atoms with Crippen molar-refractivity contribution in [2.24, 2.45) is 0 Å². The molecule has 1 rings (SSSR count). The van der Waals surface area contributed by atoms with Crippen molar-refractivity contribution < 1.29 is 9.50 Å². The van der Waals surface area contributed by atoms with E-state index in [0.29, 0.717) is 5.56 Å². The summed E-state index contributed by atoms with van der Waals surface area (Å²) in [6.07, 6.45) is 1.71. The van der Waals surface area contributed by atoms with Crippen molar-refractivity contribution in [3.63, 3.8) is 0 Å². The molecule has 0 spiro atoms. The second-order valence-electron chi connectivity index (χ2n) is 3.88. The van der Waals surface area contributed by atoms with Gasteiger partial charge in [0.1, 0.15) is 11.4 Å². The molecule has 0 aromatic heterocycles. The third kappa shape index (κ3) is 2.67. The molecule has 0 radical (unpaired) electrons. The third-order valence-corrected chi connectivity index (χ3v) is 1.98. The van der Waals surface area contributed by atoms with Crippen molar-refractivity contribution in [3.05, 3.63) is 47.3 Å². The van der Waals surface area contributed by atoms with Crippen LogP contribution in [0.4, 0.5) is 4.39 Å². The highest BCUT2D eigenvalue weighted by atomic mass is 19.1. The van der Waals surface area contributed by atoms with E-state index in [1.807, 2.05) is 13.8 Å². The summed E-state index contributed by atoms with van der Waals surface area (Å²) in [4.78, 5) is 0. The standard InChI is InChI=1S/C12H15FO/c1-9(2)8-12(3,14)10-5-4-6-11(13)7-10/h4-8,14H,1-3H3. The maximum atomic E-state index is 12.9. The van der Waals surface area contributed by atoms with Gasteiger partial charge in [0.2, 0.25) is 0 Å². The molecule has 14 heavy (non-hydrogen) atoms. The van der Waals surface area contributed by atoms with Crippen LogP contribution >= 0.6 is 0 Å². The summed E-state index contributed by atoms with van der Waals surface area (Å²) in [5.41, 5.74) is 0.471. The quantitative estimate of drug-likeness (QED) is 0.717. The van der Waals surface area contributed by atoms with Crippen molar-refractivity contribution in [3.8, 4) is 0 Å². The maximum absolute atomic E-state index is 12.9. The van der Waals surface area contributed by atoms with Gasteiger partial charge in [-0.25, -0.2) is 4.39 Å². The lowest BCUT2D eigenvalue weighted by Gasteiger charge is -2.20. The van der Waals surface area contributed by atoms with Crippen LogP contribution in [0, 0.1) is 5.82 Å². The van der Waals surface area contributed by atoms with Crippen LogP contribution in [0.15, 0.2) is 35.9 Å². The fraction of sp³-hybridized carbons (Fsp3) is 0.333. The number of rotatable bonds is 2. The molecule has 2 heteroatoms. The molecule has 1 atom stereocenters. The molecular formula is C12H15FO. The Balaban J connectivity index is 3.09. The Bertz CT molecular complexity index is 349. The molecule has 1 N–H and O–H groups in total. The smallest absolute Gasteiger partial charge is 0.123 e. The van der Waals surface area contributed by atoms with Crippen LogP contribution in [-0.4, -0.2) is 5.11 Å². The lowest BCUT2D eigenvalue weighted by Crippen LogP contribution is -2.18. The molecule has 1 aromatic rings. The van der Waals surface area contributed by atoms with Crippen molar-refractivity contribution in [1.82, 2.24) is 0 Å². The molecule has 0 fully saturated rings. The summed E-state index contributed by atoms with van der Waals surface area (Å²) in [5, 5.41) is 10.0. The second-order valence-corrected chi connectivity index (χ2v) is 3.88. The van der Waals surface area contributed by atoms with Crippen LogP contribution in [0.5, 0.6) is 0 Å². The first kappa shape index (κ1) is 10.9. The van der Waals surface area contributed by atoms with Crippen LogP contribution in [0.2, 0.25) is 0 Å². The van der Waals surface area contributed by atoms with Gasteiger partial charge < -0.3 is 5.11 Å². The zero-order valence-corrected chi connectivity index (χ0v) is 8.71. The van der Waals surface area contributed by atoms with Crippen LogP contribution in [0.25, 0.3) is 0 Å². The van der Waals surface area contributed by atoms with Gasteiger partial charge in [-0.2, -0.15) is 0 Å². The topological polar surface area (TPSA) is 20.2 Å². The summed E-state index contributed by atoms with van der Waals surface area (Å²) in [6, 6.07) is 6.02. The molecule has 0 aliphatic carbocycles. The summed E-state index contributed by atoms with van der Waals surface area (Å²) in [5.74, 6) is -0.329. The van der Waals surface area contributed by atoms with E-state index in [9.17, 15) is 9.50 Å².